The lowest BCUT2D eigenvalue weighted by atomic mass is 10.1. The van der Waals surface area contributed by atoms with Crippen molar-refractivity contribution in [3.05, 3.63) is 35.9 Å². The fourth-order valence-corrected chi connectivity index (χ4v) is 2.59. The number of carbonyl (C=O) groups excluding carboxylic acids is 2. The molecule has 1 aliphatic heterocycles. The van der Waals surface area contributed by atoms with E-state index < -0.39 is 0 Å². The van der Waals surface area contributed by atoms with Crippen molar-refractivity contribution in [2.45, 2.75) is 45.1 Å². The van der Waals surface area contributed by atoms with E-state index in [1.807, 2.05) is 30.3 Å². The zero-order valence-electron chi connectivity index (χ0n) is 12.6. The number of cyclic esters (lactones) is 1. The normalized spacial score (nSPS) is 17.9. The van der Waals surface area contributed by atoms with Crippen LogP contribution in [0.3, 0.4) is 0 Å². The monoisotopic (exact) mass is 289 g/mol. The van der Waals surface area contributed by atoms with E-state index in [2.05, 4.69) is 6.92 Å². The lowest BCUT2D eigenvalue weighted by Gasteiger charge is -2.21. The zero-order valence-corrected chi connectivity index (χ0v) is 12.6. The summed E-state index contributed by atoms with van der Waals surface area (Å²) >= 11 is 0. The molecule has 1 amide bonds. The molecule has 0 bridgehead atoms. The first kappa shape index (κ1) is 15.5. The summed E-state index contributed by atoms with van der Waals surface area (Å²) in [6.45, 7) is 2.94. The predicted molar refractivity (Wildman–Crippen MR) is 81.0 cm³/mol. The molecule has 114 valence electrons. The Bertz CT molecular complexity index is 472. The maximum absolute atomic E-state index is 11.8. The topological polar surface area (TPSA) is 46.6 Å². The first-order chi connectivity index (χ1) is 10.2. The number of amides is 1. The molecule has 1 saturated heterocycles. The minimum Gasteiger partial charge on any atom is -0.447 e. The maximum atomic E-state index is 11.8. The molecule has 2 rings (SSSR count). The van der Waals surface area contributed by atoms with Gasteiger partial charge in [-0.1, -0.05) is 50.1 Å². The predicted octanol–water partition coefficient (Wildman–Crippen LogP) is 3.72. The van der Waals surface area contributed by atoms with Crippen molar-refractivity contribution in [1.82, 2.24) is 4.90 Å². The largest absolute Gasteiger partial charge is 0.447 e. The van der Waals surface area contributed by atoms with Gasteiger partial charge in [0, 0.05) is 19.4 Å². The summed E-state index contributed by atoms with van der Waals surface area (Å²) in [6.07, 6.45) is 3.87. The summed E-state index contributed by atoms with van der Waals surface area (Å²) in [4.78, 5) is 25.3. The number of ketones is 1. The van der Waals surface area contributed by atoms with Crippen LogP contribution in [0.25, 0.3) is 0 Å². The molecule has 0 radical (unpaired) electrons. The average Bonchev–Trinajstić information content (AvgIpc) is 2.87. The Labute approximate surface area is 126 Å². The molecule has 4 heteroatoms. The van der Waals surface area contributed by atoms with Crippen molar-refractivity contribution in [2.75, 3.05) is 13.2 Å². The standard InChI is InChI=1S/C17H23NO3/c1-2-3-5-10-15(19)11-12-18-16(13-21-17(18)20)14-8-6-4-7-9-14/h4,6-9,16H,2-3,5,10-13H2,1H3/t16-/m1/s1. The lowest BCUT2D eigenvalue weighted by molar-refractivity contribution is -0.119. The van der Waals surface area contributed by atoms with E-state index >= 15 is 0 Å². The van der Waals surface area contributed by atoms with E-state index in [9.17, 15) is 9.59 Å². The van der Waals surface area contributed by atoms with Crippen molar-refractivity contribution in [2.24, 2.45) is 0 Å². The second-order valence-corrected chi connectivity index (χ2v) is 5.44. The quantitative estimate of drug-likeness (QED) is 0.685. The first-order valence-electron chi connectivity index (χ1n) is 7.72. The van der Waals surface area contributed by atoms with Gasteiger partial charge >= 0.3 is 6.09 Å². The molecule has 1 aromatic carbocycles. The minimum atomic E-state index is -0.315. The number of benzene rings is 1. The van der Waals surface area contributed by atoms with Crippen LogP contribution in [0.1, 0.15) is 50.6 Å². The van der Waals surface area contributed by atoms with Crippen LogP contribution in [0.5, 0.6) is 0 Å². The van der Waals surface area contributed by atoms with Gasteiger partial charge in [0.25, 0.3) is 0 Å². The molecular weight excluding hydrogens is 266 g/mol. The molecule has 0 aromatic heterocycles. The highest BCUT2D eigenvalue weighted by molar-refractivity contribution is 5.79. The van der Waals surface area contributed by atoms with Crippen molar-refractivity contribution in [1.29, 1.82) is 0 Å². The molecule has 0 saturated carbocycles. The van der Waals surface area contributed by atoms with Crippen LogP contribution >= 0.6 is 0 Å². The van der Waals surface area contributed by atoms with Gasteiger partial charge in [0.1, 0.15) is 12.4 Å². The van der Waals surface area contributed by atoms with Crippen molar-refractivity contribution >= 4 is 11.9 Å². The van der Waals surface area contributed by atoms with Crippen LogP contribution in [-0.2, 0) is 9.53 Å². The van der Waals surface area contributed by atoms with Gasteiger partial charge in [-0.25, -0.2) is 4.79 Å². The van der Waals surface area contributed by atoms with Gasteiger partial charge in [-0.15, -0.1) is 0 Å². The van der Waals surface area contributed by atoms with Gasteiger partial charge < -0.3 is 4.74 Å². The summed E-state index contributed by atoms with van der Waals surface area (Å²) in [7, 11) is 0. The second-order valence-electron chi connectivity index (χ2n) is 5.44. The molecule has 1 fully saturated rings. The number of Topliss-reactive ketones (excluding diaryl/α,β-unsaturated/α-hetero) is 1. The van der Waals surface area contributed by atoms with Crippen LogP contribution in [0.15, 0.2) is 30.3 Å². The molecule has 1 aliphatic rings. The average molecular weight is 289 g/mol. The number of rotatable bonds is 8. The SMILES string of the molecule is CCCCCC(=O)CCN1C(=O)OC[C@@H]1c1ccccc1. The highest BCUT2D eigenvalue weighted by Gasteiger charge is 2.33. The number of unbranched alkanes of at least 4 members (excludes halogenated alkanes) is 2. The van der Waals surface area contributed by atoms with E-state index in [0.29, 0.717) is 26.0 Å². The van der Waals surface area contributed by atoms with E-state index in [0.717, 1.165) is 24.8 Å². The number of nitrogens with zero attached hydrogens (tertiary/aromatic N) is 1. The van der Waals surface area contributed by atoms with Crippen LogP contribution in [0, 0.1) is 0 Å². The number of hydrogen-bond acceptors (Lipinski definition) is 3. The number of hydrogen-bond donors (Lipinski definition) is 0. The number of carbonyl (C=O) groups is 2. The van der Waals surface area contributed by atoms with Gasteiger partial charge in [0.2, 0.25) is 0 Å². The smallest absolute Gasteiger partial charge is 0.410 e. The molecule has 0 unspecified atom stereocenters. The van der Waals surface area contributed by atoms with Crippen molar-refractivity contribution in [3.63, 3.8) is 0 Å². The Morgan fingerprint density at radius 3 is 2.71 bits per heavy atom. The zero-order chi connectivity index (χ0) is 15.1. The summed E-state index contributed by atoms with van der Waals surface area (Å²) in [6, 6.07) is 9.76. The number of ether oxygens (including phenoxy) is 1. The van der Waals surface area contributed by atoms with E-state index in [-0.39, 0.29) is 17.9 Å². The first-order valence-corrected chi connectivity index (χ1v) is 7.72. The fourth-order valence-electron chi connectivity index (χ4n) is 2.59. The third-order valence-electron chi connectivity index (χ3n) is 3.85. The summed E-state index contributed by atoms with van der Waals surface area (Å²) in [5, 5.41) is 0. The third-order valence-corrected chi connectivity index (χ3v) is 3.85. The highest BCUT2D eigenvalue weighted by Crippen LogP contribution is 2.27. The van der Waals surface area contributed by atoms with Gasteiger partial charge in [-0.3, -0.25) is 9.69 Å². The van der Waals surface area contributed by atoms with E-state index in [4.69, 9.17) is 4.74 Å². The summed E-state index contributed by atoms with van der Waals surface area (Å²) in [5.41, 5.74) is 1.06. The van der Waals surface area contributed by atoms with Crippen LogP contribution in [-0.4, -0.2) is 29.9 Å². The third kappa shape index (κ3) is 4.31. The molecule has 0 spiro atoms. The highest BCUT2D eigenvalue weighted by atomic mass is 16.6. The van der Waals surface area contributed by atoms with Gasteiger partial charge in [0.05, 0.1) is 6.04 Å². The van der Waals surface area contributed by atoms with Crippen LogP contribution < -0.4 is 0 Å². The van der Waals surface area contributed by atoms with Gasteiger partial charge in [-0.05, 0) is 12.0 Å². The molecular formula is C17H23NO3. The van der Waals surface area contributed by atoms with Crippen LogP contribution in [0.2, 0.25) is 0 Å². The fraction of sp³-hybridized carbons (Fsp3) is 0.529. The van der Waals surface area contributed by atoms with Gasteiger partial charge in [-0.2, -0.15) is 0 Å². The van der Waals surface area contributed by atoms with Gasteiger partial charge in [0.15, 0.2) is 0 Å². The lowest BCUT2D eigenvalue weighted by Crippen LogP contribution is -2.30. The Hall–Kier alpha value is -1.84. The maximum Gasteiger partial charge on any atom is 0.410 e. The summed E-state index contributed by atoms with van der Waals surface area (Å²) < 4.78 is 5.14. The molecule has 4 nitrogen and oxygen atoms in total. The molecule has 0 aliphatic carbocycles. The van der Waals surface area contributed by atoms with Crippen LogP contribution in [0.4, 0.5) is 4.79 Å². The molecule has 1 heterocycles. The second kappa shape index (κ2) is 7.81. The molecule has 1 atom stereocenters. The van der Waals surface area contributed by atoms with Crippen molar-refractivity contribution in [3.8, 4) is 0 Å². The van der Waals surface area contributed by atoms with E-state index in [1.54, 1.807) is 4.90 Å². The molecule has 1 aromatic rings. The Morgan fingerprint density at radius 1 is 1.24 bits per heavy atom. The Kier molecular flexibility index (Phi) is 5.78. The Morgan fingerprint density at radius 2 is 2.00 bits per heavy atom. The molecule has 21 heavy (non-hydrogen) atoms. The summed E-state index contributed by atoms with van der Waals surface area (Å²) in [5.74, 6) is 0.231. The molecule has 0 N–H and O–H groups in total. The van der Waals surface area contributed by atoms with Crippen molar-refractivity contribution < 1.29 is 14.3 Å². The van der Waals surface area contributed by atoms with E-state index in [1.165, 1.54) is 0 Å². The Balaban J connectivity index is 1.88. The minimum absolute atomic E-state index is 0.0675.